The van der Waals surface area contributed by atoms with E-state index >= 15 is 0 Å². The van der Waals surface area contributed by atoms with Crippen molar-refractivity contribution in [1.29, 1.82) is 0 Å². The fourth-order valence-electron chi connectivity index (χ4n) is 3.50. The third kappa shape index (κ3) is 3.73. The Kier molecular flexibility index (Phi) is 5.60. The fourth-order valence-corrected chi connectivity index (χ4v) is 4.17. The van der Waals surface area contributed by atoms with E-state index in [9.17, 15) is 14.7 Å². The predicted molar refractivity (Wildman–Crippen MR) is 118 cm³/mol. The second-order valence-corrected chi connectivity index (χ2v) is 8.19. The SMILES string of the molecule is COc1ccc(/C(O)=C2\C(=O)C(=O)N(c3cc(C)on3)[C@@H]2c2cccc(Br)c2)cc1Cl. The first kappa shape index (κ1) is 21.1. The molecule has 9 heteroatoms. The summed E-state index contributed by atoms with van der Waals surface area (Å²) in [6, 6.07) is 12.4. The Labute approximate surface area is 191 Å². The molecule has 2 aromatic carbocycles. The van der Waals surface area contributed by atoms with Crippen LogP contribution in [0, 0.1) is 6.92 Å². The number of methoxy groups -OCH3 is 1. The molecule has 1 fully saturated rings. The van der Waals surface area contributed by atoms with Crippen molar-refractivity contribution < 1.29 is 24.0 Å². The lowest BCUT2D eigenvalue weighted by atomic mass is 9.95. The van der Waals surface area contributed by atoms with Crippen molar-refractivity contribution >= 4 is 50.8 Å². The summed E-state index contributed by atoms with van der Waals surface area (Å²) in [5.74, 6) is -0.936. The molecule has 0 aliphatic carbocycles. The molecule has 1 aliphatic rings. The summed E-state index contributed by atoms with van der Waals surface area (Å²) in [6.07, 6.45) is 0. The summed E-state index contributed by atoms with van der Waals surface area (Å²) < 4.78 is 11.0. The van der Waals surface area contributed by atoms with Crippen molar-refractivity contribution in [2.45, 2.75) is 13.0 Å². The lowest BCUT2D eigenvalue weighted by molar-refractivity contribution is -0.132. The van der Waals surface area contributed by atoms with Crippen molar-refractivity contribution in [2.24, 2.45) is 0 Å². The third-order valence-electron chi connectivity index (χ3n) is 4.90. The fraction of sp³-hybridized carbons (Fsp3) is 0.136. The number of carbonyl (C=O) groups excluding carboxylic acids is 2. The molecule has 31 heavy (non-hydrogen) atoms. The van der Waals surface area contributed by atoms with Gasteiger partial charge in [0.2, 0.25) is 0 Å². The van der Waals surface area contributed by atoms with Gasteiger partial charge in [-0.25, -0.2) is 0 Å². The maximum Gasteiger partial charge on any atom is 0.301 e. The van der Waals surface area contributed by atoms with E-state index in [2.05, 4.69) is 21.1 Å². The molecule has 0 spiro atoms. The van der Waals surface area contributed by atoms with E-state index in [0.717, 1.165) is 4.47 Å². The Morgan fingerprint density at radius 2 is 2.00 bits per heavy atom. The number of aliphatic hydroxyl groups is 1. The van der Waals surface area contributed by atoms with Gasteiger partial charge in [-0.1, -0.05) is 44.8 Å². The number of rotatable bonds is 4. The summed E-state index contributed by atoms with van der Waals surface area (Å²) in [7, 11) is 1.47. The molecule has 2 heterocycles. The number of ether oxygens (including phenoxy) is 1. The molecule has 0 unspecified atom stereocenters. The maximum atomic E-state index is 13.1. The molecular formula is C22H16BrClN2O5. The number of aryl methyl sites for hydroxylation is 1. The van der Waals surface area contributed by atoms with Crippen LogP contribution in [0.1, 0.15) is 22.9 Å². The molecule has 1 saturated heterocycles. The number of halogens is 2. The van der Waals surface area contributed by atoms with Gasteiger partial charge in [0, 0.05) is 16.1 Å². The monoisotopic (exact) mass is 502 g/mol. The lowest BCUT2D eigenvalue weighted by Crippen LogP contribution is -2.29. The van der Waals surface area contributed by atoms with Crippen molar-refractivity contribution in [3.8, 4) is 5.75 Å². The van der Waals surface area contributed by atoms with Gasteiger partial charge in [-0.15, -0.1) is 0 Å². The van der Waals surface area contributed by atoms with Crippen LogP contribution in [0.5, 0.6) is 5.75 Å². The highest BCUT2D eigenvalue weighted by Crippen LogP contribution is 2.42. The van der Waals surface area contributed by atoms with Gasteiger partial charge < -0.3 is 14.4 Å². The molecule has 1 amide bonds. The molecule has 3 aromatic rings. The number of Topliss-reactive ketones (excluding diaryl/α,β-unsaturated/α-hetero) is 1. The van der Waals surface area contributed by atoms with Gasteiger partial charge in [-0.3, -0.25) is 14.5 Å². The number of benzene rings is 2. The quantitative estimate of drug-likeness (QED) is 0.305. The number of carbonyl (C=O) groups is 2. The van der Waals surface area contributed by atoms with E-state index in [-0.39, 0.29) is 27.7 Å². The lowest BCUT2D eigenvalue weighted by Gasteiger charge is -2.23. The second-order valence-electron chi connectivity index (χ2n) is 6.87. The average Bonchev–Trinajstić information content (AvgIpc) is 3.28. The van der Waals surface area contributed by atoms with Gasteiger partial charge in [0.05, 0.1) is 23.7 Å². The Morgan fingerprint density at radius 3 is 2.61 bits per heavy atom. The number of amides is 1. The van der Waals surface area contributed by atoms with Crippen LogP contribution < -0.4 is 9.64 Å². The number of aromatic nitrogens is 1. The van der Waals surface area contributed by atoms with E-state index in [1.165, 1.54) is 18.1 Å². The second kappa shape index (κ2) is 8.20. The summed E-state index contributed by atoms with van der Waals surface area (Å²) in [5, 5.41) is 15.3. The molecule has 7 nitrogen and oxygen atoms in total. The minimum Gasteiger partial charge on any atom is -0.507 e. The molecule has 4 rings (SSSR count). The third-order valence-corrected chi connectivity index (χ3v) is 5.69. The number of anilines is 1. The minimum absolute atomic E-state index is 0.0787. The van der Waals surface area contributed by atoms with Gasteiger partial charge in [0.15, 0.2) is 5.82 Å². The van der Waals surface area contributed by atoms with Crippen LogP contribution in [0.3, 0.4) is 0 Å². The number of hydrogen-bond acceptors (Lipinski definition) is 6. The van der Waals surface area contributed by atoms with Crippen molar-refractivity contribution in [1.82, 2.24) is 5.16 Å². The van der Waals surface area contributed by atoms with E-state index in [0.29, 0.717) is 17.1 Å². The smallest absolute Gasteiger partial charge is 0.301 e. The van der Waals surface area contributed by atoms with Gasteiger partial charge >= 0.3 is 5.91 Å². The first-order valence-corrected chi connectivity index (χ1v) is 10.3. The molecule has 1 N–H and O–H groups in total. The Balaban J connectivity index is 1.94. The summed E-state index contributed by atoms with van der Waals surface area (Å²) in [5.41, 5.74) is 0.806. The van der Waals surface area contributed by atoms with Gasteiger partial charge in [-0.2, -0.15) is 0 Å². The van der Waals surface area contributed by atoms with Crippen LogP contribution in [-0.2, 0) is 9.59 Å². The van der Waals surface area contributed by atoms with Crippen molar-refractivity contribution in [2.75, 3.05) is 12.0 Å². The predicted octanol–water partition coefficient (Wildman–Crippen LogP) is 5.03. The van der Waals surface area contributed by atoms with Gasteiger partial charge in [-0.05, 0) is 42.8 Å². The van der Waals surface area contributed by atoms with Crippen LogP contribution >= 0.6 is 27.5 Å². The normalized spacial score (nSPS) is 17.9. The van der Waals surface area contributed by atoms with Gasteiger partial charge in [0.1, 0.15) is 17.3 Å². The number of hydrogen-bond donors (Lipinski definition) is 1. The van der Waals surface area contributed by atoms with Crippen molar-refractivity contribution in [3.63, 3.8) is 0 Å². The zero-order valence-electron chi connectivity index (χ0n) is 16.4. The molecule has 0 saturated carbocycles. The van der Waals surface area contributed by atoms with Crippen LogP contribution in [0.15, 0.2) is 63.1 Å². The first-order chi connectivity index (χ1) is 14.8. The molecule has 158 valence electrons. The molecule has 1 atom stereocenters. The van der Waals surface area contributed by atoms with Crippen LogP contribution in [0.4, 0.5) is 5.82 Å². The summed E-state index contributed by atoms with van der Waals surface area (Å²) in [4.78, 5) is 27.3. The number of aliphatic hydroxyl groups excluding tert-OH is 1. The summed E-state index contributed by atoms with van der Waals surface area (Å²) in [6.45, 7) is 1.68. The zero-order valence-corrected chi connectivity index (χ0v) is 18.8. The molecule has 0 radical (unpaired) electrons. The highest BCUT2D eigenvalue weighted by atomic mass is 79.9. The highest BCUT2D eigenvalue weighted by molar-refractivity contribution is 9.10. The van der Waals surface area contributed by atoms with E-state index < -0.39 is 17.7 Å². The highest BCUT2D eigenvalue weighted by Gasteiger charge is 2.48. The molecule has 0 bridgehead atoms. The van der Waals surface area contributed by atoms with Crippen LogP contribution in [-0.4, -0.2) is 29.1 Å². The summed E-state index contributed by atoms with van der Waals surface area (Å²) >= 11 is 9.61. The van der Waals surface area contributed by atoms with E-state index in [1.54, 1.807) is 43.3 Å². The minimum atomic E-state index is -0.914. The topological polar surface area (TPSA) is 92.9 Å². The Bertz CT molecular complexity index is 1240. The van der Waals surface area contributed by atoms with E-state index in [4.69, 9.17) is 20.9 Å². The number of ketones is 1. The number of nitrogens with zero attached hydrogens (tertiary/aromatic N) is 2. The van der Waals surface area contributed by atoms with Gasteiger partial charge in [0.25, 0.3) is 5.78 Å². The maximum absolute atomic E-state index is 13.1. The molecule has 1 aliphatic heterocycles. The van der Waals surface area contributed by atoms with Crippen LogP contribution in [0.2, 0.25) is 5.02 Å². The molecular weight excluding hydrogens is 488 g/mol. The first-order valence-electron chi connectivity index (χ1n) is 9.15. The largest absolute Gasteiger partial charge is 0.507 e. The average molecular weight is 504 g/mol. The Morgan fingerprint density at radius 1 is 1.23 bits per heavy atom. The van der Waals surface area contributed by atoms with Crippen molar-refractivity contribution in [3.05, 3.63) is 80.5 Å². The van der Waals surface area contributed by atoms with Crippen LogP contribution in [0.25, 0.3) is 5.76 Å². The standard InChI is InChI=1S/C22H16BrClN2O5/c1-11-8-17(25-31-11)26-19(12-4-3-5-14(23)9-12)18(21(28)22(26)29)20(27)13-6-7-16(30-2)15(24)10-13/h3-10,19,27H,1-2H3/b20-18+/t19-/m1/s1. The molecule has 1 aromatic heterocycles. The zero-order chi connectivity index (χ0) is 22.3. The van der Waals surface area contributed by atoms with E-state index in [1.807, 2.05) is 6.07 Å². The Hall–Kier alpha value is -3.10.